The zero-order chi connectivity index (χ0) is 14.5. The highest BCUT2D eigenvalue weighted by Crippen LogP contribution is 2.35. The summed E-state index contributed by atoms with van der Waals surface area (Å²) in [5.74, 6) is 1.77. The van der Waals surface area contributed by atoms with Gasteiger partial charge in [0.05, 0.1) is 0 Å². The van der Waals surface area contributed by atoms with Gasteiger partial charge in [0, 0.05) is 6.54 Å². The molecule has 114 valence electrons. The third-order valence-electron chi connectivity index (χ3n) is 4.25. The number of unbranched alkanes of at least 4 members (excludes halogenated alkanes) is 2. The SMILES string of the molecule is CCC1C(=O)NC(C2CC2)C(=O)N1CCCCCSC. The molecule has 2 unspecified atom stereocenters. The molecule has 2 rings (SSSR count). The Hall–Kier alpha value is -0.710. The van der Waals surface area contributed by atoms with Crippen molar-refractivity contribution in [1.29, 1.82) is 0 Å². The molecular formula is C15H26N2O2S. The van der Waals surface area contributed by atoms with E-state index in [4.69, 9.17) is 0 Å². The first-order chi connectivity index (χ1) is 9.69. The van der Waals surface area contributed by atoms with Crippen molar-refractivity contribution in [3.8, 4) is 0 Å². The van der Waals surface area contributed by atoms with Crippen LogP contribution in [0.5, 0.6) is 0 Å². The van der Waals surface area contributed by atoms with Crippen LogP contribution in [0.25, 0.3) is 0 Å². The van der Waals surface area contributed by atoms with Crippen molar-refractivity contribution < 1.29 is 9.59 Å². The van der Waals surface area contributed by atoms with Crippen LogP contribution in [0.4, 0.5) is 0 Å². The first-order valence-corrected chi connectivity index (χ1v) is 9.18. The Balaban J connectivity index is 1.90. The topological polar surface area (TPSA) is 49.4 Å². The zero-order valence-corrected chi connectivity index (χ0v) is 13.4. The zero-order valence-electron chi connectivity index (χ0n) is 12.6. The fourth-order valence-corrected chi connectivity index (χ4v) is 3.40. The highest BCUT2D eigenvalue weighted by Gasteiger charge is 2.45. The Labute approximate surface area is 126 Å². The smallest absolute Gasteiger partial charge is 0.246 e. The number of nitrogens with one attached hydrogen (secondary N) is 1. The van der Waals surface area contributed by atoms with Gasteiger partial charge in [-0.15, -0.1) is 0 Å². The summed E-state index contributed by atoms with van der Waals surface area (Å²) in [6, 6.07) is -0.491. The van der Waals surface area contributed by atoms with Gasteiger partial charge in [-0.3, -0.25) is 9.59 Å². The molecule has 0 bridgehead atoms. The summed E-state index contributed by atoms with van der Waals surface area (Å²) >= 11 is 1.86. The molecule has 1 N–H and O–H groups in total. The van der Waals surface area contributed by atoms with Crippen LogP contribution in [-0.2, 0) is 9.59 Å². The van der Waals surface area contributed by atoms with E-state index in [2.05, 4.69) is 11.6 Å². The molecule has 4 nitrogen and oxygen atoms in total. The van der Waals surface area contributed by atoms with Gasteiger partial charge >= 0.3 is 0 Å². The summed E-state index contributed by atoms with van der Waals surface area (Å²) < 4.78 is 0. The molecule has 1 saturated heterocycles. The van der Waals surface area contributed by atoms with Crippen molar-refractivity contribution in [3.63, 3.8) is 0 Å². The lowest BCUT2D eigenvalue weighted by atomic mass is 10.0. The number of amides is 2. The maximum Gasteiger partial charge on any atom is 0.246 e. The van der Waals surface area contributed by atoms with Gasteiger partial charge in [-0.25, -0.2) is 0 Å². The number of piperazine rings is 1. The molecule has 2 fully saturated rings. The average molecular weight is 298 g/mol. The monoisotopic (exact) mass is 298 g/mol. The minimum absolute atomic E-state index is 0.0492. The van der Waals surface area contributed by atoms with Gasteiger partial charge in [0.2, 0.25) is 11.8 Å². The van der Waals surface area contributed by atoms with E-state index < -0.39 is 0 Å². The molecule has 0 spiro atoms. The number of nitrogens with zero attached hydrogens (tertiary/aromatic N) is 1. The van der Waals surface area contributed by atoms with Crippen molar-refractivity contribution in [1.82, 2.24) is 10.2 Å². The molecule has 20 heavy (non-hydrogen) atoms. The number of hydrogen-bond acceptors (Lipinski definition) is 3. The van der Waals surface area contributed by atoms with E-state index in [1.807, 2.05) is 23.6 Å². The Morgan fingerprint density at radius 1 is 1.25 bits per heavy atom. The molecular weight excluding hydrogens is 272 g/mol. The maximum absolute atomic E-state index is 12.5. The van der Waals surface area contributed by atoms with Crippen LogP contribution >= 0.6 is 11.8 Å². The predicted octanol–water partition coefficient (Wildman–Crippen LogP) is 2.04. The van der Waals surface area contributed by atoms with Crippen LogP contribution in [0.15, 0.2) is 0 Å². The summed E-state index contributed by atoms with van der Waals surface area (Å²) in [6.45, 7) is 2.72. The Morgan fingerprint density at radius 3 is 2.60 bits per heavy atom. The van der Waals surface area contributed by atoms with Crippen LogP contribution in [0, 0.1) is 5.92 Å². The molecule has 1 heterocycles. The molecule has 1 aliphatic carbocycles. The summed E-state index contributed by atoms with van der Waals surface area (Å²) in [5, 5.41) is 2.94. The molecule has 1 saturated carbocycles. The van der Waals surface area contributed by atoms with Gasteiger partial charge in [-0.2, -0.15) is 11.8 Å². The summed E-state index contributed by atoms with van der Waals surface area (Å²) in [4.78, 5) is 26.5. The van der Waals surface area contributed by atoms with Crippen LogP contribution < -0.4 is 5.32 Å². The fraction of sp³-hybridized carbons (Fsp3) is 0.867. The van der Waals surface area contributed by atoms with Crippen LogP contribution in [0.2, 0.25) is 0 Å². The second-order valence-corrected chi connectivity index (χ2v) is 6.82. The van der Waals surface area contributed by atoms with Crippen molar-refractivity contribution in [2.75, 3.05) is 18.6 Å². The van der Waals surface area contributed by atoms with Gasteiger partial charge in [-0.05, 0) is 50.0 Å². The highest BCUT2D eigenvalue weighted by molar-refractivity contribution is 7.98. The minimum atomic E-state index is -0.252. The van der Waals surface area contributed by atoms with Crippen LogP contribution in [-0.4, -0.2) is 47.4 Å². The van der Waals surface area contributed by atoms with Gasteiger partial charge in [0.1, 0.15) is 12.1 Å². The minimum Gasteiger partial charge on any atom is -0.342 e. The lowest BCUT2D eigenvalue weighted by Crippen LogP contribution is -2.63. The lowest BCUT2D eigenvalue weighted by Gasteiger charge is -2.39. The van der Waals surface area contributed by atoms with Gasteiger partial charge in [-0.1, -0.05) is 13.3 Å². The second kappa shape index (κ2) is 7.34. The highest BCUT2D eigenvalue weighted by atomic mass is 32.2. The summed E-state index contributed by atoms with van der Waals surface area (Å²) in [5.41, 5.74) is 0. The Kier molecular flexibility index (Phi) is 5.75. The van der Waals surface area contributed by atoms with Gasteiger partial charge in [0.25, 0.3) is 0 Å². The largest absolute Gasteiger partial charge is 0.342 e. The summed E-state index contributed by atoms with van der Waals surface area (Å²) in [7, 11) is 0. The van der Waals surface area contributed by atoms with E-state index >= 15 is 0 Å². The van der Waals surface area contributed by atoms with E-state index in [1.165, 1.54) is 12.2 Å². The third kappa shape index (κ3) is 3.68. The van der Waals surface area contributed by atoms with Crippen molar-refractivity contribution >= 4 is 23.6 Å². The molecule has 2 aliphatic rings. The third-order valence-corrected chi connectivity index (χ3v) is 4.95. The number of thioether (sulfide) groups is 1. The molecule has 1 aliphatic heterocycles. The summed E-state index contributed by atoms with van der Waals surface area (Å²) in [6.07, 6.45) is 8.32. The number of carbonyl (C=O) groups excluding carboxylic acids is 2. The van der Waals surface area contributed by atoms with Gasteiger partial charge in [0.15, 0.2) is 0 Å². The van der Waals surface area contributed by atoms with Crippen molar-refractivity contribution in [2.24, 2.45) is 5.92 Å². The van der Waals surface area contributed by atoms with Crippen LogP contribution in [0.1, 0.15) is 45.4 Å². The van der Waals surface area contributed by atoms with Gasteiger partial charge < -0.3 is 10.2 Å². The number of rotatable bonds is 8. The molecule has 0 radical (unpaired) electrons. The standard InChI is InChI=1S/C15H26N2O2S/c1-3-12-14(18)16-13(11-7-8-11)15(19)17(12)9-5-4-6-10-20-2/h11-13H,3-10H2,1-2H3,(H,16,18). The fourth-order valence-electron chi connectivity index (χ4n) is 2.91. The molecule has 0 aromatic heterocycles. The maximum atomic E-state index is 12.5. The van der Waals surface area contributed by atoms with E-state index in [-0.39, 0.29) is 23.9 Å². The molecule has 2 atom stereocenters. The first-order valence-electron chi connectivity index (χ1n) is 7.78. The van der Waals surface area contributed by atoms with E-state index in [0.717, 1.165) is 32.2 Å². The number of carbonyl (C=O) groups is 2. The molecule has 0 aromatic rings. The Bertz CT molecular complexity index is 358. The predicted molar refractivity (Wildman–Crippen MR) is 82.7 cm³/mol. The molecule has 5 heteroatoms. The lowest BCUT2D eigenvalue weighted by molar-refractivity contribution is -0.150. The van der Waals surface area contributed by atoms with Crippen LogP contribution in [0.3, 0.4) is 0 Å². The second-order valence-electron chi connectivity index (χ2n) is 5.83. The first kappa shape index (κ1) is 15.7. The Morgan fingerprint density at radius 2 is 2.00 bits per heavy atom. The van der Waals surface area contributed by atoms with E-state index in [0.29, 0.717) is 12.3 Å². The average Bonchev–Trinajstić information content (AvgIpc) is 3.26. The van der Waals surface area contributed by atoms with Crippen molar-refractivity contribution in [3.05, 3.63) is 0 Å². The molecule has 0 aromatic carbocycles. The van der Waals surface area contributed by atoms with E-state index in [1.54, 1.807) is 0 Å². The van der Waals surface area contributed by atoms with E-state index in [9.17, 15) is 9.59 Å². The molecule has 2 amide bonds. The quantitative estimate of drug-likeness (QED) is 0.698. The normalized spacial score (nSPS) is 26.8. The van der Waals surface area contributed by atoms with Crippen molar-refractivity contribution in [2.45, 2.75) is 57.5 Å². The number of hydrogen-bond donors (Lipinski definition) is 1.